The monoisotopic (exact) mass is 280 g/mol. The Kier molecular flexibility index (Phi) is 4.12. The zero-order valence-corrected chi connectivity index (χ0v) is 13.3. The molecule has 114 valence electrons. The van der Waals surface area contributed by atoms with Crippen LogP contribution in [-0.2, 0) is 9.59 Å². The van der Waals surface area contributed by atoms with Crippen molar-refractivity contribution in [3.63, 3.8) is 0 Å². The highest BCUT2D eigenvalue weighted by molar-refractivity contribution is 6.02. The van der Waals surface area contributed by atoms with Gasteiger partial charge in [0.25, 0.3) is 0 Å². The van der Waals surface area contributed by atoms with Gasteiger partial charge in [-0.25, -0.2) is 0 Å². The highest BCUT2D eigenvalue weighted by Crippen LogP contribution is 2.36. The van der Waals surface area contributed by atoms with E-state index in [9.17, 15) is 9.59 Å². The molecular formula is C16H28N2O2. The van der Waals surface area contributed by atoms with E-state index in [4.69, 9.17) is 0 Å². The zero-order chi connectivity index (χ0) is 15.0. The fourth-order valence-electron chi connectivity index (χ4n) is 3.71. The Morgan fingerprint density at radius 1 is 1.10 bits per heavy atom. The number of nitrogens with zero attached hydrogens (tertiary/aromatic N) is 1. The SMILES string of the molecule is CCC1(CC)NC(=O)C(C)(C)N(C2CCCCC2)C1=O. The lowest BCUT2D eigenvalue weighted by molar-refractivity contribution is -0.166. The van der Waals surface area contributed by atoms with Crippen LogP contribution in [0.1, 0.15) is 72.6 Å². The van der Waals surface area contributed by atoms with Crippen LogP contribution in [0.2, 0.25) is 0 Å². The van der Waals surface area contributed by atoms with E-state index in [1.54, 1.807) is 0 Å². The molecule has 0 aromatic heterocycles. The van der Waals surface area contributed by atoms with E-state index in [0.29, 0.717) is 12.8 Å². The molecule has 2 rings (SSSR count). The van der Waals surface area contributed by atoms with Crippen LogP contribution in [0.25, 0.3) is 0 Å². The third-order valence-corrected chi connectivity index (χ3v) is 5.29. The van der Waals surface area contributed by atoms with Crippen LogP contribution >= 0.6 is 0 Å². The van der Waals surface area contributed by atoms with E-state index in [0.717, 1.165) is 25.7 Å². The van der Waals surface area contributed by atoms with Crippen molar-refractivity contribution in [1.82, 2.24) is 10.2 Å². The first-order chi connectivity index (χ1) is 9.39. The molecule has 2 aliphatic rings. The summed E-state index contributed by atoms with van der Waals surface area (Å²) in [7, 11) is 0. The van der Waals surface area contributed by atoms with Crippen LogP contribution in [0.3, 0.4) is 0 Å². The van der Waals surface area contributed by atoms with Crippen LogP contribution in [0.15, 0.2) is 0 Å². The van der Waals surface area contributed by atoms with Crippen LogP contribution in [0.4, 0.5) is 0 Å². The number of nitrogens with one attached hydrogen (secondary N) is 1. The van der Waals surface area contributed by atoms with E-state index < -0.39 is 11.1 Å². The first kappa shape index (κ1) is 15.3. The summed E-state index contributed by atoms with van der Waals surface area (Å²) in [5, 5.41) is 3.01. The average Bonchev–Trinajstić information content (AvgIpc) is 2.44. The Balaban J connectivity index is 2.37. The Morgan fingerprint density at radius 2 is 1.65 bits per heavy atom. The van der Waals surface area contributed by atoms with Gasteiger partial charge in [0.05, 0.1) is 0 Å². The lowest BCUT2D eigenvalue weighted by atomic mass is 9.80. The molecule has 2 amide bonds. The molecule has 1 heterocycles. The molecule has 0 bridgehead atoms. The van der Waals surface area contributed by atoms with E-state index in [1.807, 2.05) is 32.6 Å². The normalized spacial score (nSPS) is 26.5. The predicted molar refractivity (Wildman–Crippen MR) is 79.3 cm³/mol. The Hall–Kier alpha value is -1.06. The van der Waals surface area contributed by atoms with E-state index >= 15 is 0 Å². The van der Waals surface area contributed by atoms with Crippen molar-refractivity contribution >= 4 is 11.8 Å². The summed E-state index contributed by atoms with van der Waals surface area (Å²) in [5.41, 5.74) is -1.42. The van der Waals surface area contributed by atoms with Crippen molar-refractivity contribution in [2.45, 2.75) is 89.8 Å². The smallest absolute Gasteiger partial charge is 0.249 e. The molecule has 2 fully saturated rings. The molecule has 0 spiro atoms. The van der Waals surface area contributed by atoms with Crippen LogP contribution < -0.4 is 5.32 Å². The molecule has 1 aliphatic heterocycles. The number of hydrogen-bond acceptors (Lipinski definition) is 2. The third kappa shape index (κ3) is 2.23. The van der Waals surface area contributed by atoms with Crippen LogP contribution in [-0.4, -0.2) is 33.8 Å². The molecule has 0 radical (unpaired) electrons. The number of carbonyl (C=O) groups is 2. The number of piperazine rings is 1. The third-order valence-electron chi connectivity index (χ3n) is 5.29. The molecule has 1 saturated heterocycles. The van der Waals surface area contributed by atoms with Gasteiger partial charge in [-0.1, -0.05) is 33.1 Å². The molecule has 1 saturated carbocycles. The second-order valence-electron chi connectivity index (χ2n) is 6.77. The minimum absolute atomic E-state index is 0.00799. The van der Waals surface area contributed by atoms with Crippen LogP contribution in [0.5, 0.6) is 0 Å². The molecule has 20 heavy (non-hydrogen) atoms. The largest absolute Gasteiger partial charge is 0.340 e. The summed E-state index contributed by atoms with van der Waals surface area (Å²) >= 11 is 0. The van der Waals surface area contributed by atoms with Crippen molar-refractivity contribution in [3.8, 4) is 0 Å². The number of rotatable bonds is 3. The minimum atomic E-state index is -0.729. The first-order valence-electron chi connectivity index (χ1n) is 8.05. The maximum atomic E-state index is 13.1. The molecule has 1 aliphatic carbocycles. The fourth-order valence-corrected chi connectivity index (χ4v) is 3.71. The summed E-state index contributed by atoms with van der Waals surface area (Å²) in [5.74, 6) is 0.116. The molecule has 0 aromatic rings. The predicted octanol–water partition coefficient (Wildman–Crippen LogP) is 2.61. The summed E-state index contributed by atoms with van der Waals surface area (Å²) in [6.07, 6.45) is 6.96. The number of carbonyl (C=O) groups excluding carboxylic acids is 2. The minimum Gasteiger partial charge on any atom is -0.340 e. The van der Waals surface area contributed by atoms with Gasteiger partial charge in [0.15, 0.2) is 0 Å². The van der Waals surface area contributed by atoms with Gasteiger partial charge in [-0.05, 0) is 39.5 Å². The fraction of sp³-hybridized carbons (Fsp3) is 0.875. The van der Waals surface area contributed by atoms with E-state index in [-0.39, 0.29) is 17.9 Å². The quantitative estimate of drug-likeness (QED) is 0.864. The topological polar surface area (TPSA) is 49.4 Å². The van der Waals surface area contributed by atoms with Crippen molar-refractivity contribution in [3.05, 3.63) is 0 Å². The first-order valence-corrected chi connectivity index (χ1v) is 8.05. The summed E-state index contributed by atoms with van der Waals surface area (Å²) in [4.78, 5) is 27.5. The average molecular weight is 280 g/mol. The van der Waals surface area contributed by atoms with Crippen molar-refractivity contribution < 1.29 is 9.59 Å². The Morgan fingerprint density at radius 3 is 2.15 bits per heavy atom. The van der Waals surface area contributed by atoms with Gasteiger partial charge in [0.2, 0.25) is 11.8 Å². The highest BCUT2D eigenvalue weighted by atomic mass is 16.2. The molecule has 4 nitrogen and oxygen atoms in total. The molecule has 1 N–H and O–H groups in total. The Labute approximate surface area is 122 Å². The van der Waals surface area contributed by atoms with Gasteiger partial charge in [-0.2, -0.15) is 0 Å². The summed E-state index contributed by atoms with van der Waals surface area (Å²) in [6, 6.07) is 0.231. The summed E-state index contributed by atoms with van der Waals surface area (Å²) < 4.78 is 0. The maximum absolute atomic E-state index is 13.1. The van der Waals surface area contributed by atoms with Crippen molar-refractivity contribution in [1.29, 1.82) is 0 Å². The zero-order valence-electron chi connectivity index (χ0n) is 13.3. The lowest BCUT2D eigenvalue weighted by Crippen LogP contribution is -2.75. The van der Waals surface area contributed by atoms with Crippen LogP contribution in [0, 0.1) is 0 Å². The van der Waals surface area contributed by atoms with Gasteiger partial charge >= 0.3 is 0 Å². The molecule has 0 atom stereocenters. The maximum Gasteiger partial charge on any atom is 0.249 e. The van der Waals surface area contributed by atoms with E-state index in [1.165, 1.54) is 6.42 Å². The summed E-state index contributed by atoms with van der Waals surface area (Å²) in [6.45, 7) is 7.73. The van der Waals surface area contributed by atoms with Crippen molar-refractivity contribution in [2.24, 2.45) is 0 Å². The molecule has 0 unspecified atom stereocenters. The van der Waals surface area contributed by atoms with Gasteiger partial charge in [-0.15, -0.1) is 0 Å². The number of amides is 2. The highest BCUT2D eigenvalue weighted by Gasteiger charge is 2.54. The lowest BCUT2D eigenvalue weighted by Gasteiger charge is -2.53. The van der Waals surface area contributed by atoms with Gasteiger partial charge < -0.3 is 10.2 Å². The Bertz CT molecular complexity index is 393. The standard InChI is InChI=1S/C16H28N2O2/c1-5-16(6-2)14(20)18(12-10-8-7-9-11-12)15(3,4)13(19)17-16/h12H,5-11H2,1-4H3,(H,17,19). The van der Waals surface area contributed by atoms with Crippen molar-refractivity contribution in [2.75, 3.05) is 0 Å². The second-order valence-corrected chi connectivity index (χ2v) is 6.77. The molecule has 0 aromatic carbocycles. The van der Waals surface area contributed by atoms with Gasteiger partial charge in [0.1, 0.15) is 11.1 Å². The second kappa shape index (κ2) is 5.38. The van der Waals surface area contributed by atoms with E-state index in [2.05, 4.69) is 5.32 Å². The van der Waals surface area contributed by atoms with Gasteiger partial charge in [-0.3, -0.25) is 9.59 Å². The number of hydrogen-bond donors (Lipinski definition) is 1. The molecular weight excluding hydrogens is 252 g/mol. The van der Waals surface area contributed by atoms with Gasteiger partial charge in [0, 0.05) is 6.04 Å². The molecule has 4 heteroatoms.